The molecule has 0 spiro atoms. The van der Waals surface area contributed by atoms with E-state index in [0.29, 0.717) is 11.3 Å². The molecular formula is C14H20N2O2. The lowest BCUT2D eigenvalue weighted by molar-refractivity contribution is -0.121. The Morgan fingerprint density at radius 2 is 2.17 bits per heavy atom. The second-order valence-electron chi connectivity index (χ2n) is 5.22. The van der Waals surface area contributed by atoms with E-state index in [1.165, 1.54) is 0 Å². The molecular weight excluding hydrogens is 228 g/mol. The van der Waals surface area contributed by atoms with Crippen molar-refractivity contribution in [2.75, 3.05) is 11.9 Å². The van der Waals surface area contributed by atoms with Crippen LogP contribution in [-0.2, 0) is 4.79 Å². The molecule has 1 unspecified atom stereocenters. The second-order valence-corrected chi connectivity index (χ2v) is 5.22. The SMILES string of the molecule is Cc1ccc(NC(=O)C2(C)CCCN2)c(C)c1O. The summed E-state index contributed by atoms with van der Waals surface area (Å²) in [5.74, 6) is 0.212. The first-order valence-electron chi connectivity index (χ1n) is 6.30. The third-order valence-electron chi connectivity index (χ3n) is 3.75. The van der Waals surface area contributed by atoms with Crippen LogP contribution < -0.4 is 10.6 Å². The van der Waals surface area contributed by atoms with Gasteiger partial charge in [0.25, 0.3) is 0 Å². The average molecular weight is 248 g/mol. The number of amides is 1. The van der Waals surface area contributed by atoms with Gasteiger partial charge in [-0.15, -0.1) is 0 Å². The molecule has 0 bridgehead atoms. The Morgan fingerprint density at radius 3 is 2.78 bits per heavy atom. The summed E-state index contributed by atoms with van der Waals surface area (Å²) in [5, 5.41) is 16.0. The number of phenolic OH excluding ortho intramolecular Hbond substituents is 1. The van der Waals surface area contributed by atoms with Gasteiger partial charge in [0.1, 0.15) is 5.75 Å². The van der Waals surface area contributed by atoms with E-state index in [1.807, 2.05) is 32.9 Å². The fraction of sp³-hybridized carbons (Fsp3) is 0.500. The van der Waals surface area contributed by atoms with E-state index in [1.54, 1.807) is 0 Å². The molecule has 0 aliphatic carbocycles. The van der Waals surface area contributed by atoms with Gasteiger partial charge in [-0.2, -0.15) is 0 Å². The molecule has 18 heavy (non-hydrogen) atoms. The first-order valence-corrected chi connectivity index (χ1v) is 6.30. The Balaban J connectivity index is 2.19. The lowest BCUT2D eigenvalue weighted by atomic mass is 9.98. The Hall–Kier alpha value is -1.55. The zero-order chi connectivity index (χ0) is 13.3. The minimum atomic E-state index is -0.493. The topological polar surface area (TPSA) is 61.4 Å². The molecule has 1 atom stereocenters. The Kier molecular flexibility index (Phi) is 3.30. The molecule has 1 aromatic rings. The highest BCUT2D eigenvalue weighted by atomic mass is 16.3. The monoisotopic (exact) mass is 248 g/mol. The molecule has 2 rings (SSSR count). The van der Waals surface area contributed by atoms with Crippen molar-refractivity contribution in [3.05, 3.63) is 23.3 Å². The van der Waals surface area contributed by atoms with Gasteiger partial charge in [-0.1, -0.05) is 6.07 Å². The quantitative estimate of drug-likeness (QED) is 0.751. The summed E-state index contributed by atoms with van der Waals surface area (Å²) in [4.78, 5) is 12.2. The number of nitrogens with one attached hydrogen (secondary N) is 2. The van der Waals surface area contributed by atoms with Crippen molar-refractivity contribution < 1.29 is 9.90 Å². The maximum absolute atomic E-state index is 12.2. The fourth-order valence-electron chi connectivity index (χ4n) is 2.32. The Labute approximate surface area is 107 Å². The second kappa shape index (κ2) is 4.61. The molecule has 4 heteroatoms. The summed E-state index contributed by atoms with van der Waals surface area (Å²) in [6, 6.07) is 3.64. The van der Waals surface area contributed by atoms with Crippen LogP contribution in [-0.4, -0.2) is 23.1 Å². The lowest BCUT2D eigenvalue weighted by Gasteiger charge is -2.24. The van der Waals surface area contributed by atoms with E-state index in [9.17, 15) is 9.90 Å². The number of phenols is 1. The van der Waals surface area contributed by atoms with Crippen LogP contribution in [0.5, 0.6) is 5.75 Å². The summed E-state index contributed by atoms with van der Waals surface area (Å²) in [5.41, 5.74) is 1.71. The normalized spacial score (nSPS) is 23.1. The van der Waals surface area contributed by atoms with Gasteiger partial charge in [-0.3, -0.25) is 4.79 Å². The van der Waals surface area contributed by atoms with Gasteiger partial charge in [0.2, 0.25) is 5.91 Å². The molecule has 0 saturated carbocycles. The lowest BCUT2D eigenvalue weighted by Crippen LogP contribution is -2.48. The number of hydrogen-bond acceptors (Lipinski definition) is 3. The van der Waals surface area contributed by atoms with Crippen LogP contribution in [0.4, 0.5) is 5.69 Å². The van der Waals surface area contributed by atoms with E-state index in [4.69, 9.17) is 0 Å². The van der Waals surface area contributed by atoms with Gasteiger partial charge in [0, 0.05) is 11.3 Å². The highest BCUT2D eigenvalue weighted by molar-refractivity contribution is 5.98. The molecule has 1 heterocycles. The maximum Gasteiger partial charge on any atom is 0.244 e. The molecule has 1 aromatic carbocycles. The molecule has 1 saturated heterocycles. The van der Waals surface area contributed by atoms with Gasteiger partial charge >= 0.3 is 0 Å². The number of carbonyl (C=O) groups is 1. The summed E-state index contributed by atoms with van der Waals surface area (Å²) in [7, 11) is 0. The standard InChI is InChI=1S/C14H20N2O2/c1-9-5-6-11(10(2)12(9)17)16-13(18)14(3)7-4-8-15-14/h5-6,15,17H,4,7-8H2,1-3H3,(H,16,18). The number of aromatic hydroxyl groups is 1. The van der Waals surface area contributed by atoms with Crippen molar-refractivity contribution in [1.82, 2.24) is 5.32 Å². The van der Waals surface area contributed by atoms with Gasteiger partial charge in [0.15, 0.2) is 0 Å². The van der Waals surface area contributed by atoms with Crippen molar-refractivity contribution in [3.63, 3.8) is 0 Å². The minimum Gasteiger partial charge on any atom is -0.507 e. The third-order valence-corrected chi connectivity index (χ3v) is 3.75. The van der Waals surface area contributed by atoms with E-state index in [0.717, 1.165) is 24.9 Å². The van der Waals surface area contributed by atoms with Crippen molar-refractivity contribution >= 4 is 11.6 Å². The van der Waals surface area contributed by atoms with E-state index in [2.05, 4.69) is 10.6 Å². The first kappa shape index (κ1) is 12.9. The van der Waals surface area contributed by atoms with Crippen LogP contribution in [0.15, 0.2) is 12.1 Å². The Bertz CT molecular complexity index is 477. The number of anilines is 1. The Morgan fingerprint density at radius 1 is 1.44 bits per heavy atom. The number of hydrogen-bond donors (Lipinski definition) is 3. The van der Waals surface area contributed by atoms with Crippen molar-refractivity contribution in [3.8, 4) is 5.75 Å². The van der Waals surface area contributed by atoms with Crippen LogP contribution in [0.1, 0.15) is 30.9 Å². The summed E-state index contributed by atoms with van der Waals surface area (Å²) in [6.45, 7) is 6.44. The molecule has 1 aliphatic heterocycles. The number of carbonyl (C=O) groups excluding carboxylic acids is 1. The highest BCUT2D eigenvalue weighted by Crippen LogP contribution is 2.29. The van der Waals surface area contributed by atoms with Gasteiger partial charge < -0.3 is 15.7 Å². The molecule has 0 radical (unpaired) electrons. The van der Waals surface area contributed by atoms with E-state index in [-0.39, 0.29) is 11.7 Å². The summed E-state index contributed by atoms with van der Waals surface area (Å²) >= 11 is 0. The number of benzene rings is 1. The van der Waals surface area contributed by atoms with Crippen molar-refractivity contribution in [1.29, 1.82) is 0 Å². The van der Waals surface area contributed by atoms with Crippen LogP contribution in [0.2, 0.25) is 0 Å². The summed E-state index contributed by atoms with van der Waals surface area (Å²) < 4.78 is 0. The minimum absolute atomic E-state index is 0.0358. The molecule has 1 fully saturated rings. The number of aryl methyl sites for hydroxylation is 1. The van der Waals surface area contributed by atoms with Crippen molar-refractivity contribution in [2.45, 2.75) is 39.2 Å². The van der Waals surface area contributed by atoms with Crippen LogP contribution in [0.25, 0.3) is 0 Å². The molecule has 1 amide bonds. The number of rotatable bonds is 2. The molecule has 98 valence electrons. The predicted molar refractivity (Wildman–Crippen MR) is 71.9 cm³/mol. The molecule has 1 aliphatic rings. The largest absolute Gasteiger partial charge is 0.507 e. The average Bonchev–Trinajstić information content (AvgIpc) is 2.78. The van der Waals surface area contributed by atoms with Gasteiger partial charge in [0.05, 0.1) is 5.54 Å². The van der Waals surface area contributed by atoms with E-state index < -0.39 is 5.54 Å². The third kappa shape index (κ3) is 2.20. The highest BCUT2D eigenvalue weighted by Gasteiger charge is 2.36. The van der Waals surface area contributed by atoms with Gasteiger partial charge in [-0.25, -0.2) is 0 Å². The predicted octanol–water partition coefficient (Wildman–Crippen LogP) is 2.09. The molecule has 0 aromatic heterocycles. The molecule has 4 nitrogen and oxygen atoms in total. The fourth-order valence-corrected chi connectivity index (χ4v) is 2.32. The molecule has 3 N–H and O–H groups in total. The first-order chi connectivity index (χ1) is 8.44. The summed E-state index contributed by atoms with van der Waals surface area (Å²) in [6.07, 6.45) is 1.86. The van der Waals surface area contributed by atoms with Crippen LogP contribution >= 0.6 is 0 Å². The van der Waals surface area contributed by atoms with Gasteiger partial charge in [-0.05, 0) is 51.8 Å². The van der Waals surface area contributed by atoms with Crippen LogP contribution in [0, 0.1) is 13.8 Å². The smallest absolute Gasteiger partial charge is 0.244 e. The van der Waals surface area contributed by atoms with Crippen LogP contribution in [0.3, 0.4) is 0 Å². The van der Waals surface area contributed by atoms with E-state index >= 15 is 0 Å². The maximum atomic E-state index is 12.2. The zero-order valence-electron chi connectivity index (χ0n) is 11.1. The zero-order valence-corrected chi connectivity index (χ0v) is 11.1. The van der Waals surface area contributed by atoms with Crippen molar-refractivity contribution in [2.24, 2.45) is 0 Å².